The van der Waals surface area contributed by atoms with Gasteiger partial charge in [0.15, 0.2) is 0 Å². The minimum atomic E-state index is 0.817. The number of pyridine rings is 1. The van der Waals surface area contributed by atoms with E-state index in [1.807, 2.05) is 25.2 Å². The Hall–Kier alpha value is -1.19. The molecule has 0 bridgehead atoms. The number of nitrogens with one attached hydrogen (secondary N) is 1. The Bertz CT molecular complexity index is 395. The van der Waals surface area contributed by atoms with Crippen LogP contribution in [0.25, 0.3) is 11.3 Å². The van der Waals surface area contributed by atoms with Gasteiger partial charge in [0.1, 0.15) is 0 Å². The fourth-order valence-corrected chi connectivity index (χ4v) is 1.98. The molecule has 0 saturated heterocycles. The van der Waals surface area contributed by atoms with Gasteiger partial charge in [-0.25, -0.2) is 0 Å². The zero-order valence-corrected chi connectivity index (χ0v) is 8.84. The lowest BCUT2D eigenvalue weighted by atomic mass is 10.2. The van der Waals surface area contributed by atoms with Crippen molar-refractivity contribution in [3.05, 3.63) is 40.7 Å². The molecular formula is C11H12N2S. The van der Waals surface area contributed by atoms with Crippen molar-refractivity contribution >= 4 is 11.3 Å². The molecule has 2 nitrogen and oxygen atoms in total. The van der Waals surface area contributed by atoms with E-state index in [-0.39, 0.29) is 0 Å². The summed E-state index contributed by atoms with van der Waals surface area (Å²) in [6.45, 7) is 0.817. The van der Waals surface area contributed by atoms with Crippen molar-refractivity contribution in [2.75, 3.05) is 7.05 Å². The van der Waals surface area contributed by atoms with Gasteiger partial charge in [-0.2, -0.15) is 11.3 Å². The fraction of sp³-hybridized carbons (Fsp3) is 0.182. The number of aromatic nitrogens is 1. The summed E-state index contributed by atoms with van der Waals surface area (Å²) in [5, 5.41) is 7.28. The number of rotatable bonds is 3. The summed E-state index contributed by atoms with van der Waals surface area (Å²) in [4.78, 5) is 4.55. The van der Waals surface area contributed by atoms with Gasteiger partial charge in [-0.05, 0) is 30.6 Å². The first-order chi connectivity index (χ1) is 6.90. The molecular weight excluding hydrogens is 192 g/mol. The van der Waals surface area contributed by atoms with Crippen LogP contribution in [-0.4, -0.2) is 12.0 Å². The molecule has 0 aliphatic rings. The van der Waals surface area contributed by atoms with Crippen molar-refractivity contribution in [1.29, 1.82) is 0 Å². The molecule has 3 heteroatoms. The van der Waals surface area contributed by atoms with E-state index < -0.39 is 0 Å². The van der Waals surface area contributed by atoms with Gasteiger partial charge in [-0.3, -0.25) is 4.98 Å². The fourth-order valence-electron chi connectivity index (χ4n) is 1.33. The van der Waals surface area contributed by atoms with Crippen molar-refractivity contribution in [2.45, 2.75) is 6.54 Å². The topological polar surface area (TPSA) is 24.9 Å². The summed E-state index contributed by atoms with van der Waals surface area (Å²) < 4.78 is 0. The summed E-state index contributed by atoms with van der Waals surface area (Å²) in [6, 6.07) is 8.22. The van der Waals surface area contributed by atoms with Crippen molar-refractivity contribution in [3.63, 3.8) is 0 Å². The van der Waals surface area contributed by atoms with Crippen LogP contribution in [0.5, 0.6) is 0 Å². The van der Waals surface area contributed by atoms with Crippen LogP contribution in [0.2, 0.25) is 0 Å². The molecule has 0 unspecified atom stereocenters. The molecule has 0 atom stereocenters. The van der Waals surface area contributed by atoms with Gasteiger partial charge < -0.3 is 5.32 Å². The molecule has 0 aliphatic carbocycles. The van der Waals surface area contributed by atoms with Crippen LogP contribution in [0.3, 0.4) is 0 Å². The van der Waals surface area contributed by atoms with Crippen LogP contribution in [0.15, 0.2) is 35.0 Å². The minimum Gasteiger partial charge on any atom is -0.314 e. The molecule has 2 aromatic heterocycles. The third-order valence-electron chi connectivity index (χ3n) is 1.98. The summed E-state index contributed by atoms with van der Waals surface area (Å²) in [5.74, 6) is 0. The second kappa shape index (κ2) is 4.35. The summed E-state index contributed by atoms with van der Waals surface area (Å²) in [6.07, 6.45) is 0. The van der Waals surface area contributed by atoms with E-state index in [4.69, 9.17) is 0 Å². The Morgan fingerprint density at radius 3 is 3.00 bits per heavy atom. The maximum absolute atomic E-state index is 4.55. The summed E-state index contributed by atoms with van der Waals surface area (Å²) in [7, 11) is 1.93. The van der Waals surface area contributed by atoms with E-state index in [0.29, 0.717) is 0 Å². The second-order valence-electron chi connectivity index (χ2n) is 3.06. The molecule has 0 amide bonds. The van der Waals surface area contributed by atoms with Crippen molar-refractivity contribution in [3.8, 4) is 11.3 Å². The van der Waals surface area contributed by atoms with E-state index in [9.17, 15) is 0 Å². The lowest BCUT2D eigenvalue weighted by Gasteiger charge is -2.01. The highest BCUT2D eigenvalue weighted by Crippen LogP contribution is 2.19. The van der Waals surface area contributed by atoms with Gasteiger partial charge in [0.25, 0.3) is 0 Å². The lowest BCUT2D eigenvalue weighted by molar-refractivity contribution is 0.792. The molecule has 0 aliphatic heterocycles. The van der Waals surface area contributed by atoms with Crippen LogP contribution in [0.4, 0.5) is 0 Å². The molecule has 2 aromatic rings. The molecule has 0 fully saturated rings. The van der Waals surface area contributed by atoms with E-state index >= 15 is 0 Å². The lowest BCUT2D eigenvalue weighted by Crippen LogP contribution is -2.06. The first-order valence-electron chi connectivity index (χ1n) is 4.53. The Kier molecular flexibility index (Phi) is 2.91. The maximum Gasteiger partial charge on any atom is 0.0714 e. The van der Waals surface area contributed by atoms with Crippen LogP contribution in [0.1, 0.15) is 5.69 Å². The number of thiophene rings is 1. The monoisotopic (exact) mass is 204 g/mol. The third-order valence-corrected chi connectivity index (χ3v) is 2.66. The standard InChI is InChI=1S/C11H12N2S/c1-12-7-10-3-2-4-11(13-10)9-5-6-14-8-9/h2-6,8,12H,7H2,1H3. The maximum atomic E-state index is 4.55. The molecule has 72 valence electrons. The van der Waals surface area contributed by atoms with Crippen LogP contribution in [0, 0.1) is 0 Å². The van der Waals surface area contributed by atoms with E-state index in [0.717, 1.165) is 17.9 Å². The van der Waals surface area contributed by atoms with Gasteiger partial charge in [-0.15, -0.1) is 0 Å². The van der Waals surface area contributed by atoms with Crippen LogP contribution in [-0.2, 0) is 6.54 Å². The van der Waals surface area contributed by atoms with Gasteiger partial charge in [0, 0.05) is 17.5 Å². The molecule has 0 radical (unpaired) electrons. The SMILES string of the molecule is CNCc1cccc(-c2ccsc2)n1. The normalized spacial score (nSPS) is 10.4. The first-order valence-corrected chi connectivity index (χ1v) is 5.47. The van der Waals surface area contributed by atoms with Crippen LogP contribution >= 0.6 is 11.3 Å². The largest absolute Gasteiger partial charge is 0.314 e. The molecule has 1 N–H and O–H groups in total. The van der Waals surface area contributed by atoms with Crippen molar-refractivity contribution < 1.29 is 0 Å². The van der Waals surface area contributed by atoms with E-state index in [1.165, 1.54) is 5.56 Å². The molecule has 2 rings (SSSR count). The number of hydrogen-bond donors (Lipinski definition) is 1. The van der Waals surface area contributed by atoms with Crippen LogP contribution < -0.4 is 5.32 Å². The molecule has 0 spiro atoms. The van der Waals surface area contributed by atoms with Gasteiger partial charge in [0.2, 0.25) is 0 Å². The van der Waals surface area contributed by atoms with E-state index in [1.54, 1.807) is 11.3 Å². The summed E-state index contributed by atoms with van der Waals surface area (Å²) in [5.41, 5.74) is 3.34. The predicted octanol–water partition coefficient (Wildman–Crippen LogP) is 2.53. The number of nitrogens with zero attached hydrogens (tertiary/aromatic N) is 1. The van der Waals surface area contributed by atoms with Gasteiger partial charge in [0.05, 0.1) is 11.4 Å². The first kappa shape index (κ1) is 9.37. The average molecular weight is 204 g/mol. The van der Waals surface area contributed by atoms with E-state index in [2.05, 4.69) is 27.1 Å². The molecule has 14 heavy (non-hydrogen) atoms. The molecule has 0 saturated carbocycles. The Morgan fingerprint density at radius 1 is 1.36 bits per heavy atom. The quantitative estimate of drug-likeness (QED) is 0.831. The van der Waals surface area contributed by atoms with Gasteiger partial charge in [-0.1, -0.05) is 6.07 Å². The average Bonchev–Trinajstić information content (AvgIpc) is 2.71. The highest BCUT2D eigenvalue weighted by Gasteiger charge is 2.00. The third kappa shape index (κ3) is 2.00. The number of hydrogen-bond acceptors (Lipinski definition) is 3. The molecule has 0 aromatic carbocycles. The Balaban J connectivity index is 2.31. The predicted molar refractivity (Wildman–Crippen MR) is 60.3 cm³/mol. The van der Waals surface area contributed by atoms with Gasteiger partial charge >= 0.3 is 0 Å². The summed E-state index contributed by atoms with van der Waals surface area (Å²) >= 11 is 1.70. The highest BCUT2D eigenvalue weighted by atomic mass is 32.1. The van der Waals surface area contributed by atoms with Crippen molar-refractivity contribution in [1.82, 2.24) is 10.3 Å². The Labute approximate surface area is 87.6 Å². The minimum absolute atomic E-state index is 0.817. The zero-order valence-electron chi connectivity index (χ0n) is 8.03. The zero-order chi connectivity index (χ0) is 9.80. The second-order valence-corrected chi connectivity index (χ2v) is 3.84. The highest BCUT2D eigenvalue weighted by molar-refractivity contribution is 7.08. The molecule has 2 heterocycles. The Morgan fingerprint density at radius 2 is 2.29 bits per heavy atom. The van der Waals surface area contributed by atoms with Crippen molar-refractivity contribution in [2.24, 2.45) is 0 Å². The smallest absolute Gasteiger partial charge is 0.0714 e.